The number of nitrogens with zero attached hydrogens (tertiary/aromatic N) is 1. The Balaban J connectivity index is 0.00000176. The maximum atomic E-state index is 11.9. The quantitative estimate of drug-likeness (QED) is 0.594. The normalized spacial score (nSPS) is 10.6. The highest BCUT2D eigenvalue weighted by atomic mass is 35.5. The second kappa shape index (κ2) is 6.89. The lowest BCUT2D eigenvalue weighted by Crippen LogP contribution is -2.16. The van der Waals surface area contributed by atoms with Crippen LogP contribution < -0.4 is 5.43 Å². The molecular weight excluding hydrogens is 304 g/mol. The summed E-state index contributed by atoms with van der Waals surface area (Å²) in [5.74, 6) is -0.166. The summed E-state index contributed by atoms with van der Waals surface area (Å²) < 4.78 is 5.44. The SMILES string of the molecule is O.O=C(N/N=C/c1ccc(Cl)cc1)c1cc2ccccc2o1. The first kappa shape index (κ1) is 15.8. The van der Waals surface area contributed by atoms with Crippen molar-refractivity contribution in [3.8, 4) is 0 Å². The number of rotatable bonds is 3. The van der Waals surface area contributed by atoms with Crippen molar-refractivity contribution in [3.63, 3.8) is 0 Å². The minimum absolute atomic E-state index is 0. The second-order valence-electron chi connectivity index (χ2n) is 4.40. The molecule has 0 atom stereocenters. The molecule has 3 aromatic rings. The zero-order valence-corrected chi connectivity index (χ0v) is 12.2. The van der Waals surface area contributed by atoms with Gasteiger partial charge in [0.25, 0.3) is 0 Å². The lowest BCUT2D eigenvalue weighted by Gasteiger charge is -1.95. The molecule has 6 heteroatoms. The number of para-hydroxylation sites is 1. The molecule has 2 aromatic carbocycles. The molecule has 0 aliphatic rings. The van der Waals surface area contributed by atoms with Gasteiger partial charge in [-0.3, -0.25) is 4.79 Å². The molecule has 1 amide bonds. The van der Waals surface area contributed by atoms with E-state index in [0.29, 0.717) is 10.6 Å². The predicted molar refractivity (Wildman–Crippen MR) is 86.3 cm³/mol. The van der Waals surface area contributed by atoms with Gasteiger partial charge in [0.05, 0.1) is 6.21 Å². The third-order valence-corrected chi connectivity index (χ3v) is 3.15. The number of furan rings is 1. The van der Waals surface area contributed by atoms with Crippen molar-refractivity contribution in [2.24, 2.45) is 5.10 Å². The van der Waals surface area contributed by atoms with E-state index >= 15 is 0 Å². The molecule has 22 heavy (non-hydrogen) atoms. The number of halogens is 1. The Bertz CT molecular complexity index is 777. The fraction of sp³-hybridized carbons (Fsp3) is 0. The number of carbonyl (C=O) groups is 1. The monoisotopic (exact) mass is 316 g/mol. The van der Waals surface area contributed by atoms with Crippen molar-refractivity contribution in [2.75, 3.05) is 0 Å². The van der Waals surface area contributed by atoms with Crippen LogP contribution in [0.15, 0.2) is 64.1 Å². The van der Waals surface area contributed by atoms with Crippen LogP contribution in [0, 0.1) is 0 Å². The van der Waals surface area contributed by atoms with Gasteiger partial charge in [0.15, 0.2) is 5.76 Å². The van der Waals surface area contributed by atoms with Gasteiger partial charge in [-0.2, -0.15) is 5.10 Å². The third-order valence-electron chi connectivity index (χ3n) is 2.90. The van der Waals surface area contributed by atoms with Crippen LogP contribution in [0.5, 0.6) is 0 Å². The minimum atomic E-state index is -0.392. The molecule has 0 saturated carbocycles. The Morgan fingerprint density at radius 2 is 1.86 bits per heavy atom. The Morgan fingerprint density at radius 1 is 1.14 bits per heavy atom. The Morgan fingerprint density at radius 3 is 2.59 bits per heavy atom. The zero-order chi connectivity index (χ0) is 14.7. The molecule has 0 aliphatic carbocycles. The Kier molecular flexibility index (Phi) is 4.93. The first-order valence-corrected chi connectivity index (χ1v) is 6.68. The summed E-state index contributed by atoms with van der Waals surface area (Å²) in [5.41, 5.74) is 3.93. The highest BCUT2D eigenvalue weighted by Crippen LogP contribution is 2.18. The van der Waals surface area contributed by atoms with Crippen LogP contribution in [0.1, 0.15) is 16.1 Å². The van der Waals surface area contributed by atoms with E-state index in [1.54, 1.807) is 30.3 Å². The van der Waals surface area contributed by atoms with Crippen LogP contribution in [0.2, 0.25) is 5.02 Å². The van der Waals surface area contributed by atoms with Gasteiger partial charge in [-0.1, -0.05) is 41.9 Å². The van der Waals surface area contributed by atoms with Crippen LogP contribution in [0.25, 0.3) is 11.0 Å². The largest absolute Gasteiger partial charge is 0.451 e. The molecule has 112 valence electrons. The second-order valence-corrected chi connectivity index (χ2v) is 4.84. The molecule has 3 N–H and O–H groups in total. The molecule has 5 nitrogen and oxygen atoms in total. The fourth-order valence-corrected chi connectivity index (χ4v) is 1.99. The summed E-state index contributed by atoms with van der Waals surface area (Å²) in [6, 6.07) is 16.2. The van der Waals surface area contributed by atoms with Crippen LogP contribution in [-0.2, 0) is 0 Å². The zero-order valence-electron chi connectivity index (χ0n) is 11.4. The standard InChI is InChI=1S/C16H11ClN2O2.H2O/c17-13-7-5-11(6-8-13)10-18-19-16(20)15-9-12-3-1-2-4-14(12)21-15;/h1-10H,(H,19,20);1H2/b18-10+;. The van der Waals surface area contributed by atoms with E-state index in [9.17, 15) is 4.79 Å². The number of hydrazone groups is 1. The first-order chi connectivity index (χ1) is 10.2. The van der Waals surface area contributed by atoms with Gasteiger partial charge in [-0.05, 0) is 29.8 Å². The van der Waals surface area contributed by atoms with Gasteiger partial charge < -0.3 is 9.89 Å². The van der Waals surface area contributed by atoms with Crippen LogP contribution in [0.4, 0.5) is 0 Å². The predicted octanol–water partition coefficient (Wildman–Crippen LogP) is 3.03. The van der Waals surface area contributed by atoms with E-state index in [2.05, 4.69) is 10.5 Å². The van der Waals surface area contributed by atoms with Crippen molar-refractivity contribution in [1.29, 1.82) is 0 Å². The van der Waals surface area contributed by atoms with E-state index in [4.69, 9.17) is 16.0 Å². The summed E-state index contributed by atoms with van der Waals surface area (Å²) in [7, 11) is 0. The van der Waals surface area contributed by atoms with Gasteiger partial charge in [0.2, 0.25) is 0 Å². The topological polar surface area (TPSA) is 86.1 Å². The van der Waals surface area contributed by atoms with Crippen LogP contribution in [-0.4, -0.2) is 17.6 Å². The maximum Gasteiger partial charge on any atom is 0.307 e. The fourth-order valence-electron chi connectivity index (χ4n) is 1.86. The molecule has 0 aliphatic heterocycles. The van der Waals surface area contributed by atoms with Crippen molar-refractivity contribution in [1.82, 2.24) is 5.43 Å². The summed E-state index contributed by atoms with van der Waals surface area (Å²) in [4.78, 5) is 11.9. The number of nitrogens with one attached hydrogen (secondary N) is 1. The molecule has 1 aromatic heterocycles. The minimum Gasteiger partial charge on any atom is -0.451 e. The molecule has 0 unspecified atom stereocenters. The smallest absolute Gasteiger partial charge is 0.307 e. The van der Waals surface area contributed by atoms with Gasteiger partial charge in [-0.25, -0.2) is 5.43 Å². The number of hydrogen-bond donors (Lipinski definition) is 1. The van der Waals surface area contributed by atoms with E-state index in [0.717, 1.165) is 10.9 Å². The van der Waals surface area contributed by atoms with E-state index in [-0.39, 0.29) is 11.2 Å². The molecule has 3 rings (SSSR count). The highest BCUT2D eigenvalue weighted by Gasteiger charge is 2.10. The van der Waals surface area contributed by atoms with Crippen LogP contribution in [0.3, 0.4) is 0 Å². The molecular formula is C16H13ClN2O3. The van der Waals surface area contributed by atoms with Crippen molar-refractivity contribution < 1.29 is 14.7 Å². The van der Waals surface area contributed by atoms with E-state index in [1.807, 2.05) is 24.3 Å². The number of amides is 1. The number of hydrogen-bond acceptors (Lipinski definition) is 3. The summed E-state index contributed by atoms with van der Waals surface area (Å²) in [6.07, 6.45) is 1.54. The lowest BCUT2D eigenvalue weighted by molar-refractivity contribution is 0.0929. The van der Waals surface area contributed by atoms with Crippen molar-refractivity contribution >= 4 is 34.7 Å². The maximum absolute atomic E-state index is 11.9. The molecule has 0 bridgehead atoms. The molecule has 0 radical (unpaired) electrons. The number of carbonyl (C=O) groups excluding carboxylic acids is 1. The average molecular weight is 317 g/mol. The number of benzene rings is 2. The van der Waals surface area contributed by atoms with Gasteiger partial charge in [0, 0.05) is 10.4 Å². The Hall–Kier alpha value is -2.63. The first-order valence-electron chi connectivity index (χ1n) is 6.30. The number of fused-ring (bicyclic) bond motifs is 1. The Labute approximate surface area is 131 Å². The average Bonchev–Trinajstić information content (AvgIpc) is 2.93. The molecule has 0 saturated heterocycles. The van der Waals surface area contributed by atoms with Crippen molar-refractivity contribution in [2.45, 2.75) is 0 Å². The third kappa shape index (κ3) is 3.52. The van der Waals surface area contributed by atoms with Crippen molar-refractivity contribution in [3.05, 3.63) is 70.9 Å². The van der Waals surface area contributed by atoms with Gasteiger partial charge in [-0.15, -0.1) is 0 Å². The lowest BCUT2D eigenvalue weighted by atomic mass is 10.2. The highest BCUT2D eigenvalue weighted by molar-refractivity contribution is 6.30. The van der Waals surface area contributed by atoms with Gasteiger partial charge >= 0.3 is 5.91 Å². The van der Waals surface area contributed by atoms with Gasteiger partial charge in [0.1, 0.15) is 5.58 Å². The molecule has 1 heterocycles. The molecule has 0 fully saturated rings. The summed E-state index contributed by atoms with van der Waals surface area (Å²) in [6.45, 7) is 0. The van der Waals surface area contributed by atoms with E-state index in [1.165, 1.54) is 6.21 Å². The summed E-state index contributed by atoms with van der Waals surface area (Å²) in [5, 5.41) is 5.42. The van der Waals surface area contributed by atoms with E-state index < -0.39 is 5.91 Å². The van der Waals surface area contributed by atoms with Crippen LogP contribution >= 0.6 is 11.6 Å². The molecule has 0 spiro atoms. The summed E-state index contributed by atoms with van der Waals surface area (Å²) >= 11 is 5.79.